The van der Waals surface area contributed by atoms with Crippen molar-refractivity contribution in [2.45, 2.75) is 18.9 Å². The molecule has 1 aromatic heterocycles. The highest BCUT2D eigenvalue weighted by Gasteiger charge is 2.42. The fraction of sp³-hybridized carbons (Fsp3) is 0.600. The van der Waals surface area contributed by atoms with E-state index < -0.39 is 0 Å². The smallest absolute Gasteiger partial charge is 0.274 e. The molecule has 0 spiro atoms. The van der Waals surface area contributed by atoms with Gasteiger partial charge >= 0.3 is 0 Å². The molecule has 1 aromatic rings. The van der Waals surface area contributed by atoms with Crippen molar-refractivity contribution in [3.63, 3.8) is 0 Å². The molecule has 3 atom stereocenters. The molecule has 3 unspecified atom stereocenters. The summed E-state index contributed by atoms with van der Waals surface area (Å²) in [6.07, 6.45) is 3.45. The highest BCUT2D eigenvalue weighted by Crippen LogP contribution is 2.37. The maximum Gasteiger partial charge on any atom is 0.274 e. The monoisotopic (exact) mass is 291 g/mol. The SMILES string of the molecule is Cn1cccc1C(=O)NC(=O)CN1CC2CCC(O)C2C1. The molecule has 2 fully saturated rings. The maximum atomic E-state index is 12.0. The first kappa shape index (κ1) is 14.3. The van der Waals surface area contributed by atoms with Crippen LogP contribution in [0.2, 0.25) is 0 Å². The molecular formula is C15H21N3O3. The van der Waals surface area contributed by atoms with E-state index in [1.54, 1.807) is 29.9 Å². The van der Waals surface area contributed by atoms with Crippen LogP contribution in [0.4, 0.5) is 0 Å². The topological polar surface area (TPSA) is 74.6 Å². The average Bonchev–Trinajstić information content (AvgIpc) is 3.08. The van der Waals surface area contributed by atoms with Crippen LogP contribution in [0.3, 0.4) is 0 Å². The molecule has 1 aliphatic heterocycles. The number of imide groups is 1. The van der Waals surface area contributed by atoms with E-state index in [1.165, 1.54) is 0 Å². The molecule has 2 amide bonds. The molecule has 1 saturated heterocycles. The number of aliphatic hydroxyl groups excluding tert-OH is 1. The van der Waals surface area contributed by atoms with Crippen LogP contribution in [0.15, 0.2) is 18.3 Å². The molecule has 0 aromatic carbocycles. The molecule has 3 rings (SSSR count). The molecule has 1 aliphatic carbocycles. The highest BCUT2D eigenvalue weighted by molar-refractivity contribution is 6.04. The zero-order valence-corrected chi connectivity index (χ0v) is 12.2. The van der Waals surface area contributed by atoms with Gasteiger partial charge in [0.15, 0.2) is 0 Å². The number of hydrogen-bond acceptors (Lipinski definition) is 4. The molecule has 0 bridgehead atoms. The van der Waals surface area contributed by atoms with Crippen LogP contribution in [0.25, 0.3) is 0 Å². The lowest BCUT2D eigenvalue weighted by atomic mass is 10.00. The second kappa shape index (κ2) is 5.61. The summed E-state index contributed by atoms with van der Waals surface area (Å²) in [6.45, 7) is 1.81. The Balaban J connectivity index is 1.51. The third kappa shape index (κ3) is 2.87. The quantitative estimate of drug-likeness (QED) is 0.821. The summed E-state index contributed by atoms with van der Waals surface area (Å²) < 4.78 is 1.68. The molecule has 2 N–H and O–H groups in total. The second-order valence-corrected chi connectivity index (χ2v) is 6.14. The predicted molar refractivity (Wildman–Crippen MR) is 76.5 cm³/mol. The summed E-state index contributed by atoms with van der Waals surface area (Å²) in [4.78, 5) is 26.0. The number of amides is 2. The van der Waals surface area contributed by atoms with Crippen molar-refractivity contribution in [2.24, 2.45) is 18.9 Å². The van der Waals surface area contributed by atoms with Gasteiger partial charge in [-0.3, -0.25) is 19.8 Å². The normalized spacial score (nSPS) is 28.6. The van der Waals surface area contributed by atoms with E-state index in [2.05, 4.69) is 5.32 Å². The number of nitrogens with one attached hydrogen (secondary N) is 1. The number of likely N-dealkylation sites (tertiary alicyclic amines) is 1. The first-order valence-corrected chi connectivity index (χ1v) is 7.40. The predicted octanol–water partition coefficient (Wildman–Crippen LogP) is -0.0158. The number of carbonyl (C=O) groups excluding carboxylic acids is 2. The number of aryl methyl sites for hydroxylation is 1. The van der Waals surface area contributed by atoms with Gasteiger partial charge in [-0.15, -0.1) is 0 Å². The Bertz CT molecular complexity index is 554. The zero-order valence-electron chi connectivity index (χ0n) is 12.2. The second-order valence-electron chi connectivity index (χ2n) is 6.14. The number of hydrogen-bond donors (Lipinski definition) is 2. The summed E-state index contributed by atoms with van der Waals surface area (Å²) >= 11 is 0. The van der Waals surface area contributed by atoms with Gasteiger partial charge in [0.25, 0.3) is 5.91 Å². The Morgan fingerprint density at radius 2 is 2.19 bits per heavy atom. The molecule has 0 radical (unpaired) electrons. The number of nitrogens with zero attached hydrogens (tertiary/aromatic N) is 2. The number of rotatable bonds is 3. The molecular weight excluding hydrogens is 270 g/mol. The molecule has 114 valence electrons. The van der Waals surface area contributed by atoms with Gasteiger partial charge in [0.1, 0.15) is 5.69 Å². The van der Waals surface area contributed by atoms with E-state index in [4.69, 9.17) is 0 Å². The number of carbonyl (C=O) groups is 2. The van der Waals surface area contributed by atoms with Crippen LogP contribution < -0.4 is 5.32 Å². The molecule has 21 heavy (non-hydrogen) atoms. The summed E-state index contributed by atoms with van der Waals surface area (Å²) in [5.74, 6) is 0.139. The molecule has 2 aliphatic rings. The highest BCUT2D eigenvalue weighted by atomic mass is 16.3. The first-order chi connectivity index (χ1) is 10.0. The number of aromatic nitrogens is 1. The number of fused-ring (bicyclic) bond motifs is 1. The molecule has 2 heterocycles. The third-order valence-electron chi connectivity index (χ3n) is 4.69. The van der Waals surface area contributed by atoms with Gasteiger partial charge in [0, 0.05) is 32.3 Å². The molecule has 6 heteroatoms. The van der Waals surface area contributed by atoms with Crippen molar-refractivity contribution in [1.82, 2.24) is 14.8 Å². The van der Waals surface area contributed by atoms with Crippen LogP contribution in [-0.4, -0.2) is 52.1 Å². The first-order valence-electron chi connectivity index (χ1n) is 7.40. The zero-order chi connectivity index (χ0) is 15.0. The van der Waals surface area contributed by atoms with E-state index in [0.29, 0.717) is 17.5 Å². The molecule has 6 nitrogen and oxygen atoms in total. The van der Waals surface area contributed by atoms with E-state index in [-0.39, 0.29) is 24.5 Å². The van der Waals surface area contributed by atoms with Crippen LogP contribution >= 0.6 is 0 Å². The average molecular weight is 291 g/mol. The van der Waals surface area contributed by atoms with Crippen LogP contribution in [0, 0.1) is 11.8 Å². The summed E-state index contributed by atoms with van der Waals surface area (Å²) in [5, 5.41) is 12.3. The van der Waals surface area contributed by atoms with Crippen molar-refractivity contribution in [3.8, 4) is 0 Å². The standard InChI is InChI=1S/C15H21N3O3/c1-17-6-2-3-12(17)15(21)16-14(20)9-18-7-10-4-5-13(19)11(10)8-18/h2-3,6,10-11,13,19H,4-5,7-9H2,1H3,(H,16,20,21). The Morgan fingerprint density at radius 1 is 1.38 bits per heavy atom. The minimum absolute atomic E-state index is 0.218. The summed E-state index contributed by atoms with van der Waals surface area (Å²) in [7, 11) is 1.77. The van der Waals surface area contributed by atoms with E-state index in [1.807, 2.05) is 4.90 Å². The lowest BCUT2D eigenvalue weighted by Gasteiger charge is -2.17. The lowest BCUT2D eigenvalue weighted by Crippen LogP contribution is -2.40. The van der Waals surface area contributed by atoms with Gasteiger partial charge < -0.3 is 9.67 Å². The van der Waals surface area contributed by atoms with Crippen molar-refractivity contribution in [2.75, 3.05) is 19.6 Å². The van der Waals surface area contributed by atoms with Gasteiger partial charge in [0.2, 0.25) is 5.91 Å². The van der Waals surface area contributed by atoms with Crippen molar-refractivity contribution < 1.29 is 14.7 Å². The van der Waals surface area contributed by atoms with Gasteiger partial charge in [-0.05, 0) is 30.9 Å². The van der Waals surface area contributed by atoms with Gasteiger partial charge in [-0.2, -0.15) is 0 Å². The van der Waals surface area contributed by atoms with Gasteiger partial charge in [-0.1, -0.05) is 0 Å². The summed E-state index contributed by atoms with van der Waals surface area (Å²) in [6, 6.07) is 3.45. The lowest BCUT2D eigenvalue weighted by molar-refractivity contribution is -0.121. The fourth-order valence-electron chi connectivity index (χ4n) is 3.59. The minimum Gasteiger partial charge on any atom is -0.393 e. The van der Waals surface area contributed by atoms with Crippen molar-refractivity contribution in [3.05, 3.63) is 24.0 Å². The Labute approximate surface area is 123 Å². The number of aliphatic hydroxyl groups is 1. The van der Waals surface area contributed by atoms with Crippen LogP contribution in [-0.2, 0) is 11.8 Å². The van der Waals surface area contributed by atoms with Crippen molar-refractivity contribution >= 4 is 11.8 Å². The van der Waals surface area contributed by atoms with Gasteiger partial charge in [-0.25, -0.2) is 0 Å². The largest absolute Gasteiger partial charge is 0.393 e. The minimum atomic E-state index is -0.369. The van der Waals surface area contributed by atoms with E-state index in [0.717, 1.165) is 25.9 Å². The van der Waals surface area contributed by atoms with E-state index in [9.17, 15) is 14.7 Å². The Kier molecular flexibility index (Phi) is 3.82. The Morgan fingerprint density at radius 3 is 2.86 bits per heavy atom. The van der Waals surface area contributed by atoms with Crippen molar-refractivity contribution in [1.29, 1.82) is 0 Å². The van der Waals surface area contributed by atoms with Gasteiger partial charge in [0.05, 0.1) is 12.6 Å². The summed E-state index contributed by atoms with van der Waals surface area (Å²) in [5.41, 5.74) is 0.470. The molecule has 1 saturated carbocycles. The maximum absolute atomic E-state index is 12.0. The fourth-order valence-corrected chi connectivity index (χ4v) is 3.59. The van der Waals surface area contributed by atoms with Crippen LogP contribution in [0.5, 0.6) is 0 Å². The Hall–Kier alpha value is -1.66. The van der Waals surface area contributed by atoms with E-state index >= 15 is 0 Å². The third-order valence-corrected chi connectivity index (χ3v) is 4.69. The van der Waals surface area contributed by atoms with Crippen LogP contribution in [0.1, 0.15) is 23.3 Å².